The van der Waals surface area contributed by atoms with E-state index in [2.05, 4.69) is 0 Å². The summed E-state index contributed by atoms with van der Waals surface area (Å²) in [6.45, 7) is 3.84. The van der Waals surface area contributed by atoms with Gasteiger partial charge in [-0.1, -0.05) is 58.5 Å². The third-order valence-electron chi connectivity index (χ3n) is 5.47. The molecule has 0 unspecified atom stereocenters. The van der Waals surface area contributed by atoms with Crippen molar-refractivity contribution in [3.63, 3.8) is 0 Å². The zero-order chi connectivity index (χ0) is 23.9. The summed E-state index contributed by atoms with van der Waals surface area (Å²) in [5.74, 6) is 1.16. The van der Waals surface area contributed by atoms with Crippen LogP contribution in [0.25, 0.3) is 22.3 Å². The van der Waals surface area contributed by atoms with Gasteiger partial charge in [-0.15, -0.1) is 0 Å². The third-order valence-corrected chi connectivity index (χ3v) is 6.91. The first-order valence-corrected chi connectivity index (χ1v) is 11.6. The lowest BCUT2D eigenvalue weighted by molar-refractivity contribution is 0.485. The maximum atomic E-state index is 6.55. The third kappa shape index (κ3) is 4.60. The van der Waals surface area contributed by atoms with Crippen molar-refractivity contribution < 1.29 is 4.74 Å². The van der Waals surface area contributed by atoms with Crippen molar-refractivity contribution >= 4 is 57.8 Å². The first kappa shape index (κ1) is 23.6. The Morgan fingerprint density at radius 2 is 0.939 bits per heavy atom. The van der Waals surface area contributed by atoms with Gasteiger partial charge < -0.3 is 16.2 Å². The van der Waals surface area contributed by atoms with E-state index in [0.29, 0.717) is 43.0 Å². The molecule has 0 saturated heterocycles. The summed E-state index contributed by atoms with van der Waals surface area (Å²) in [6, 6.07) is 17.9. The van der Waals surface area contributed by atoms with Crippen molar-refractivity contribution in [1.82, 2.24) is 0 Å². The molecule has 4 aromatic carbocycles. The van der Waals surface area contributed by atoms with Gasteiger partial charge in [-0.2, -0.15) is 0 Å². The molecule has 168 valence electrons. The average molecular weight is 518 g/mol. The Kier molecular flexibility index (Phi) is 6.69. The molecule has 0 spiro atoms. The van der Waals surface area contributed by atoms with E-state index >= 15 is 0 Å². The summed E-state index contributed by atoms with van der Waals surface area (Å²) >= 11 is 26.0. The zero-order valence-electron chi connectivity index (χ0n) is 17.8. The molecule has 0 saturated carbocycles. The summed E-state index contributed by atoms with van der Waals surface area (Å²) in [5, 5.41) is 2.19. The minimum atomic E-state index is 0.499. The van der Waals surface area contributed by atoms with Gasteiger partial charge in [0.1, 0.15) is 11.5 Å². The highest BCUT2D eigenvalue weighted by Crippen LogP contribution is 2.46. The van der Waals surface area contributed by atoms with Gasteiger partial charge in [0, 0.05) is 43.7 Å². The molecule has 0 heterocycles. The lowest BCUT2D eigenvalue weighted by atomic mass is 9.97. The molecule has 0 atom stereocenters. The maximum absolute atomic E-state index is 6.55. The summed E-state index contributed by atoms with van der Waals surface area (Å²) in [4.78, 5) is 0. The minimum absolute atomic E-state index is 0.499. The van der Waals surface area contributed by atoms with Crippen LogP contribution >= 0.6 is 46.4 Å². The molecule has 33 heavy (non-hydrogen) atoms. The Bertz CT molecular complexity index is 1280. The van der Waals surface area contributed by atoms with E-state index in [1.54, 1.807) is 36.4 Å². The SMILES string of the molecule is Cc1c(Cl)ccc(Oc2ccc(Cl)c(C)c2-c2ccc(N)cc2Cl)c1-c1ccc(N)cc1Cl. The molecular weight excluding hydrogens is 498 g/mol. The van der Waals surface area contributed by atoms with Gasteiger partial charge in [0.2, 0.25) is 0 Å². The topological polar surface area (TPSA) is 61.3 Å². The number of benzene rings is 4. The fraction of sp³-hybridized carbons (Fsp3) is 0.0769. The fourth-order valence-corrected chi connectivity index (χ4v) is 4.63. The molecular formula is C26H20Cl4N2O. The Morgan fingerprint density at radius 1 is 0.545 bits per heavy atom. The van der Waals surface area contributed by atoms with Crippen molar-refractivity contribution in [3.05, 3.63) is 91.9 Å². The first-order chi connectivity index (χ1) is 15.7. The number of nitrogen functional groups attached to an aromatic ring is 2. The second-order valence-electron chi connectivity index (χ2n) is 7.67. The van der Waals surface area contributed by atoms with E-state index in [-0.39, 0.29) is 0 Å². The van der Waals surface area contributed by atoms with Gasteiger partial charge in [0.05, 0.1) is 10.0 Å². The van der Waals surface area contributed by atoms with Gasteiger partial charge in [0.15, 0.2) is 0 Å². The highest BCUT2D eigenvalue weighted by atomic mass is 35.5. The predicted octanol–water partition coefficient (Wildman–Crippen LogP) is 9.21. The van der Waals surface area contributed by atoms with Crippen molar-refractivity contribution in [3.8, 4) is 33.8 Å². The molecule has 0 aliphatic carbocycles. The number of ether oxygens (including phenoxy) is 1. The van der Waals surface area contributed by atoms with E-state index in [0.717, 1.165) is 33.4 Å². The average Bonchev–Trinajstić information content (AvgIpc) is 2.75. The summed E-state index contributed by atoms with van der Waals surface area (Å²) < 4.78 is 6.49. The number of hydrogen-bond donors (Lipinski definition) is 2. The molecule has 7 heteroatoms. The lowest BCUT2D eigenvalue weighted by Crippen LogP contribution is -1.97. The van der Waals surface area contributed by atoms with Crippen LogP contribution in [0.15, 0.2) is 60.7 Å². The molecule has 0 radical (unpaired) electrons. The Labute approximate surface area is 212 Å². The Hall–Kier alpha value is -2.56. The fourth-order valence-electron chi connectivity index (χ4n) is 3.75. The number of hydrogen-bond acceptors (Lipinski definition) is 3. The van der Waals surface area contributed by atoms with E-state index in [9.17, 15) is 0 Å². The van der Waals surface area contributed by atoms with Crippen LogP contribution in [0.4, 0.5) is 11.4 Å². The van der Waals surface area contributed by atoms with Gasteiger partial charge in [0.25, 0.3) is 0 Å². The van der Waals surface area contributed by atoms with Gasteiger partial charge in [-0.05, 0) is 73.5 Å². The van der Waals surface area contributed by atoms with E-state index in [4.69, 9.17) is 62.6 Å². The van der Waals surface area contributed by atoms with E-state index in [1.807, 2.05) is 38.1 Å². The molecule has 4 aromatic rings. The van der Waals surface area contributed by atoms with E-state index < -0.39 is 0 Å². The second-order valence-corrected chi connectivity index (χ2v) is 9.30. The number of rotatable bonds is 4. The summed E-state index contributed by atoms with van der Waals surface area (Å²) in [6.07, 6.45) is 0. The number of halogens is 4. The van der Waals surface area contributed by atoms with Gasteiger partial charge >= 0.3 is 0 Å². The van der Waals surface area contributed by atoms with Crippen LogP contribution in [0.3, 0.4) is 0 Å². The van der Waals surface area contributed by atoms with Crippen LogP contribution in [0.1, 0.15) is 11.1 Å². The lowest BCUT2D eigenvalue weighted by Gasteiger charge is -2.20. The summed E-state index contributed by atoms with van der Waals surface area (Å²) in [5.41, 5.74) is 17.7. The Balaban J connectivity index is 1.93. The smallest absolute Gasteiger partial charge is 0.135 e. The van der Waals surface area contributed by atoms with E-state index in [1.165, 1.54) is 0 Å². The minimum Gasteiger partial charge on any atom is -0.456 e. The Morgan fingerprint density at radius 3 is 1.30 bits per heavy atom. The molecule has 0 fully saturated rings. The van der Waals surface area contributed by atoms with Crippen LogP contribution in [-0.2, 0) is 0 Å². The van der Waals surface area contributed by atoms with Gasteiger partial charge in [-0.25, -0.2) is 0 Å². The van der Waals surface area contributed by atoms with Crippen LogP contribution in [-0.4, -0.2) is 0 Å². The number of anilines is 2. The van der Waals surface area contributed by atoms with Crippen molar-refractivity contribution in [2.24, 2.45) is 0 Å². The predicted molar refractivity (Wildman–Crippen MR) is 142 cm³/mol. The van der Waals surface area contributed by atoms with Crippen molar-refractivity contribution in [2.75, 3.05) is 11.5 Å². The van der Waals surface area contributed by atoms with Crippen LogP contribution < -0.4 is 16.2 Å². The molecule has 4 N–H and O–H groups in total. The molecule has 0 amide bonds. The molecule has 3 nitrogen and oxygen atoms in total. The van der Waals surface area contributed by atoms with Gasteiger partial charge in [-0.3, -0.25) is 0 Å². The zero-order valence-corrected chi connectivity index (χ0v) is 20.9. The van der Waals surface area contributed by atoms with Crippen LogP contribution in [0.5, 0.6) is 11.5 Å². The van der Waals surface area contributed by atoms with Crippen LogP contribution in [0.2, 0.25) is 20.1 Å². The normalized spacial score (nSPS) is 11.0. The largest absolute Gasteiger partial charge is 0.456 e. The number of nitrogens with two attached hydrogens (primary N) is 2. The van der Waals surface area contributed by atoms with Crippen LogP contribution in [0, 0.1) is 13.8 Å². The monoisotopic (exact) mass is 516 g/mol. The molecule has 0 bridgehead atoms. The maximum Gasteiger partial charge on any atom is 0.135 e. The first-order valence-electron chi connectivity index (χ1n) is 10.0. The molecule has 0 aromatic heterocycles. The van der Waals surface area contributed by atoms with Crippen molar-refractivity contribution in [1.29, 1.82) is 0 Å². The summed E-state index contributed by atoms with van der Waals surface area (Å²) in [7, 11) is 0. The molecule has 0 aliphatic rings. The second kappa shape index (κ2) is 9.36. The quantitative estimate of drug-likeness (QED) is 0.265. The highest BCUT2D eigenvalue weighted by molar-refractivity contribution is 6.35. The van der Waals surface area contributed by atoms with Crippen molar-refractivity contribution in [2.45, 2.75) is 13.8 Å². The highest BCUT2D eigenvalue weighted by Gasteiger charge is 2.20. The standard InChI is InChI=1S/C26H20Cl4N2O/c1-13-19(27)7-9-23(25(13)17-5-3-15(31)11-21(17)29)33-24-10-8-20(28)14(2)26(24)18-6-4-16(32)12-22(18)30/h3-12H,31-32H2,1-2H3. The molecule has 0 aliphatic heterocycles. The molecule has 4 rings (SSSR count).